The molecular weight excluding hydrogens is 533 g/mol. The fourth-order valence-electron chi connectivity index (χ4n) is 3.43. The topological polar surface area (TPSA) is 95.9 Å². The van der Waals surface area contributed by atoms with Crippen LogP contribution in [0.3, 0.4) is 0 Å². The molecular formula is C23H20Cl3N5O3S. The minimum atomic E-state index is -0.543. The molecule has 0 atom stereocenters. The summed E-state index contributed by atoms with van der Waals surface area (Å²) in [5.41, 5.74) is 1.07. The van der Waals surface area contributed by atoms with Gasteiger partial charge in [0.25, 0.3) is 11.8 Å². The molecule has 3 aromatic rings. The minimum Gasteiger partial charge on any atom is -0.494 e. The van der Waals surface area contributed by atoms with Gasteiger partial charge in [0.1, 0.15) is 16.4 Å². The summed E-state index contributed by atoms with van der Waals surface area (Å²) in [4.78, 5) is 37.0. The van der Waals surface area contributed by atoms with Gasteiger partial charge in [-0.3, -0.25) is 14.6 Å². The zero-order chi connectivity index (χ0) is 24.9. The highest BCUT2D eigenvalue weighted by molar-refractivity contribution is 7.13. The van der Waals surface area contributed by atoms with Crippen molar-refractivity contribution in [3.05, 3.63) is 66.9 Å². The molecule has 1 aliphatic rings. The van der Waals surface area contributed by atoms with Gasteiger partial charge in [0.2, 0.25) is 0 Å². The number of halogens is 3. The highest BCUT2D eigenvalue weighted by Gasteiger charge is 2.24. The maximum atomic E-state index is 13.2. The Hall–Kier alpha value is -2.85. The first-order valence-electron chi connectivity index (χ1n) is 10.5. The van der Waals surface area contributed by atoms with E-state index in [0.717, 1.165) is 25.1 Å². The predicted octanol–water partition coefficient (Wildman–Crippen LogP) is 5.85. The second-order valence-electron chi connectivity index (χ2n) is 7.55. The molecule has 1 aromatic carbocycles. The molecule has 0 bridgehead atoms. The number of methoxy groups -OCH3 is 1. The maximum Gasteiger partial charge on any atom is 0.267 e. The van der Waals surface area contributed by atoms with Gasteiger partial charge >= 0.3 is 0 Å². The van der Waals surface area contributed by atoms with Crippen LogP contribution in [0.4, 0.5) is 11.5 Å². The number of hydrogen-bond donors (Lipinski definition) is 2. The van der Waals surface area contributed by atoms with E-state index >= 15 is 0 Å². The fraction of sp³-hybridized carbons (Fsp3) is 0.217. The van der Waals surface area contributed by atoms with Crippen molar-refractivity contribution in [1.82, 2.24) is 9.88 Å². The number of carbonyl (C=O) groups is 2. The Balaban J connectivity index is 1.59. The summed E-state index contributed by atoms with van der Waals surface area (Å²) in [6, 6.07) is 6.09. The van der Waals surface area contributed by atoms with Crippen LogP contribution in [0, 0.1) is 0 Å². The second-order valence-corrected chi connectivity index (χ2v) is 9.68. The number of pyridine rings is 1. The average molecular weight is 553 g/mol. The number of nitrogens with one attached hydrogen (secondary N) is 2. The lowest BCUT2D eigenvalue weighted by atomic mass is 10.1. The van der Waals surface area contributed by atoms with Crippen molar-refractivity contribution in [2.24, 2.45) is 4.99 Å². The lowest BCUT2D eigenvalue weighted by Gasteiger charge is -2.22. The Bertz CT molecular complexity index is 1280. The molecule has 182 valence electrons. The van der Waals surface area contributed by atoms with Crippen molar-refractivity contribution in [1.29, 1.82) is 0 Å². The summed E-state index contributed by atoms with van der Waals surface area (Å²) in [6.45, 7) is 2.24. The molecule has 12 heteroatoms. The lowest BCUT2D eigenvalue weighted by Crippen LogP contribution is -2.26. The Morgan fingerprint density at radius 1 is 1.14 bits per heavy atom. The number of rotatable bonds is 7. The number of aliphatic imine (C=N–C) groups is 1. The first-order valence-corrected chi connectivity index (χ1v) is 12.5. The highest BCUT2D eigenvalue weighted by Crippen LogP contribution is 2.35. The summed E-state index contributed by atoms with van der Waals surface area (Å²) < 4.78 is 5.39. The molecule has 0 saturated heterocycles. The number of hydrogen-bond acceptors (Lipinski definition) is 7. The van der Waals surface area contributed by atoms with Gasteiger partial charge in [0, 0.05) is 42.5 Å². The van der Waals surface area contributed by atoms with E-state index in [1.54, 1.807) is 18.5 Å². The molecule has 8 nitrogen and oxygen atoms in total. The molecule has 4 rings (SSSR count). The Kier molecular flexibility index (Phi) is 8.12. The van der Waals surface area contributed by atoms with Gasteiger partial charge in [0.15, 0.2) is 0 Å². The molecule has 3 heterocycles. The summed E-state index contributed by atoms with van der Waals surface area (Å²) >= 11 is 19.8. The number of amides is 2. The Labute approximate surface area is 220 Å². The molecule has 35 heavy (non-hydrogen) atoms. The molecule has 0 saturated carbocycles. The molecule has 1 aliphatic heterocycles. The van der Waals surface area contributed by atoms with Crippen LogP contribution >= 0.6 is 46.1 Å². The van der Waals surface area contributed by atoms with Gasteiger partial charge in [-0.05, 0) is 30.0 Å². The van der Waals surface area contributed by atoms with E-state index in [9.17, 15) is 9.59 Å². The molecule has 2 aromatic heterocycles. The third kappa shape index (κ3) is 6.05. The Morgan fingerprint density at radius 2 is 1.97 bits per heavy atom. The summed E-state index contributed by atoms with van der Waals surface area (Å²) in [5.74, 6) is -0.517. The highest BCUT2D eigenvalue weighted by atomic mass is 35.5. The standard InChI is InChI=1S/C23H20Cl3N5O3S/c1-34-17-8-15(25)7-16(22(32)29-18-4-3-14(24)9-28-18)20(17)30-23(33)21-19(26)13(11-35-21)10-31-6-2-5-27-12-31/h3-4,7-9,11-12H,2,5-6,10H2,1H3,(H,30,33)(H,28,29,32). The van der Waals surface area contributed by atoms with Gasteiger partial charge in [-0.25, -0.2) is 4.98 Å². The number of benzene rings is 1. The number of anilines is 2. The maximum absolute atomic E-state index is 13.2. The lowest BCUT2D eigenvalue weighted by molar-refractivity contribution is 0.102. The van der Waals surface area contributed by atoms with Crippen LogP contribution in [0.1, 0.15) is 32.0 Å². The fourth-order valence-corrected chi connectivity index (χ4v) is 4.99. The van der Waals surface area contributed by atoms with Crippen LogP contribution in [0.2, 0.25) is 15.1 Å². The van der Waals surface area contributed by atoms with Crippen molar-refractivity contribution < 1.29 is 14.3 Å². The first-order chi connectivity index (χ1) is 16.9. The monoisotopic (exact) mass is 551 g/mol. The van der Waals surface area contributed by atoms with Crippen molar-refractivity contribution in [2.75, 3.05) is 30.8 Å². The van der Waals surface area contributed by atoms with Gasteiger partial charge in [-0.1, -0.05) is 34.8 Å². The van der Waals surface area contributed by atoms with Crippen LogP contribution in [-0.4, -0.2) is 48.2 Å². The van der Waals surface area contributed by atoms with Crippen LogP contribution in [-0.2, 0) is 6.54 Å². The summed E-state index contributed by atoms with van der Waals surface area (Å²) in [5, 5.41) is 8.32. The predicted molar refractivity (Wildman–Crippen MR) is 141 cm³/mol. The van der Waals surface area contributed by atoms with E-state index in [-0.39, 0.29) is 27.8 Å². The number of thiophene rings is 1. The van der Waals surface area contributed by atoms with Crippen molar-refractivity contribution >= 4 is 75.8 Å². The van der Waals surface area contributed by atoms with E-state index in [1.165, 1.54) is 36.8 Å². The molecule has 2 amide bonds. The third-order valence-corrected chi connectivity index (χ3v) is 7.11. The third-order valence-electron chi connectivity index (χ3n) is 5.10. The van der Waals surface area contributed by atoms with Gasteiger partial charge in [0.05, 0.1) is 34.7 Å². The van der Waals surface area contributed by atoms with Crippen molar-refractivity contribution in [3.63, 3.8) is 0 Å². The van der Waals surface area contributed by atoms with E-state index in [4.69, 9.17) is 39.5 Å². The average Bonchev–Trinajstić information content (AvgIpc) is 3.21. The number of nitrogens with zero attached hydrogens (tertiary/aromatic N) is 3. The van der Waals surface area contributed by atoms with Gasteiger partial charge < -0.3 is 20.3 Å². The summed E-state index contributed by atoms with van der Waals surface area (Å²) in [7, 11) is 1.42. The molecule has 0 spiro atoms. The quantitative estimate of drug-likeness (QED) is 0.383. The number of carbonyl (C=O) groups excluding carboxylic acids is 2. The smallest absolute Gasteiger partial charge is 0.267 e. The zero-order valence-electron chi connectivity index (χ0n) is 18.5. The van der Waals surface area contributed by atoms with E-state index in [0.29, 0.717) is 21.5 Å². The molecule has 2 N–H and O–H groups in total. The zero-order valence-corrected chi connectivity index (χ0v) is 21.6. The van der Waals surface area contributed by atoms with Crippen molar-refractivity contribution in [2.45, 2.75) is 13.0 Å². The summed E-state index contributed by atoms with van der Waals surface area (Å²) in [6.07, 6.45) is 4.18. The van der Waals surface area contributed by atoms with Gasteiger partial charge in [-0.15, -0.1) is 11.3 Å². The van der Waals surface area contributed by atoms with E-state index in [2.05, 4.69) is 25.5 Å². The second kappa shape index (κ2) is 11.3. The Morgan fingerprint density at radius 3 is 2.66 bits per heavy atom. The molecule has 0 radical (unpaired) electrons. The van der Waals surface area contributed by atoms with Gasteiger partial charge in [-0.2, -0.15) is 0 Å². The van der Waals surface area contributed by atoms with Crippen LogP contribution in [0.15, 0.2) is 40.8 Å². The van der Waals surface area contributed by atoms with Crippen LogP contribution in [0.25, 0.3) is 0 Å². The van der Waals surface area contributed by atoms with E-state index in [1.807, 2.05) is 5.38 Å². The molecule has 0 fully saturated rings. The largest absolute Gasteiger partial charge is 0.494 e. The van der Waals surface area contributed by atoms with E-state index < -0.39 is 11.8 Å². The van der Waals surface area contributed by atoms with Crippen LogP contribution in [0.5, 0.6) is 5.75 Å². The first kappa shape index (κ1) is 25.2. The number of aromatic nitrogens is 1. The van der Waals surface area contributed by atoms with Crippen molar-refractivity contribution in [3.8, 4) is 5.75 Å². The minimum absolute atomic E-state index is 0.0943. The van der Waals surface area contributed by atoms with Crippen LogP contribution < -0.4 is 15.4 Å². The molecule has 0 unspecified atom stereocenters. The number of ether oxygens (including phenoxy) is 1. The molecule has 0 aliphatic carbocycles. The normalized spacial score (nSPS) is 13.0. The SMILES string of the molecule is COc1cc(Cl)cc(C(=O)Nc2ccc(Cl)cn2)c1NC(=O)c1scc(CN2C=NCCC2)c1Cl.